The van der Waals surface area contributed by atoms with Gasteiger partial charge in [-0.15, -0.1) is 0 Å². The van der Waals surface area contributed by atoms with Crippen molar-refractivity contribution in [2.45, 2.75) is 44.9 Å². The number of ether oxygens (including phenoxy) is 1. The molecular formula is C17H28N4O2. The summed E-state index contributed by atoms with van der Waals surface area (Å²) in [7, 11) is 1.76. The highest BCUT2D eigenvalue weighted by Gasteiger charge is 2.42. The van der Waals surface area contributed by atoms with Crippen LogP contribution in [0.4, 0.5) is 0 Å². The smallest absolute Gasteiger partial charge is 0.217 e. The van der Waals surface area contributed by atoms with Crippen LogP contribution in [-0.2, 0) is 16.1 Å². The molecule has 0 radical (unpaired) electrons. The van der Waals surface area contributed by atoms with Gasteiger partial charge in [-0.25, -0.2) is 4.98 Å². The van der Waals surface area contributed by atoms with Crippen molar-refractivity contribution in [1.29, 1.82) is 0 Å². The summed E-state index contributed by atoms with van der Waals surface area (Å²) in [4.78, 5) is 18.1. The summed E-state index contributed by atoms with van der Waals surface area (Å²) < 4.78 is 7.77. The molecule has 0 aromatic carbocycles. The molecule has 1 saturated carbocycles. The molecule has 1 aromatic rings. The number of hydrogen-bond acceptors (Lipinski definition) is 4. The number of aryl methyl sites for hydroxylation is 1. The Kier molecular flexibility index (Phi) is 5.33. The van der Waals surface area contributed by atoms with E-state index in [0.29, 0.717) is 11.8 Å². The van der Waals surface area contributed by atoms with Crippen LogP contribution in [0.5, 0.6) is 0 Å². The van der Waals surface area contributed by atoms with E-state index in [2.05, 4.69) is 19.8 Å². The van der Waals surface area contributed by atoms with E-state index >= 15 is 0 Å². The number of imidazole rings is 1. The second-order valence-electron chi connectivity index (χ2n) is 6.99. The van der Waals surface area contributed by atoms with E-state index in [9.17, 15) is 4.79 Å². The zero-order chi connectivity index (χ0) is 16.2. The fraction of sp³-hybridized carbons (Fsp3) is 0.765. The van der Waals surface area contributed by atoms with Crippen LogP contribution in [0.2, 0.25) is 0 Å². The van der Waals surface area contributed by atoms with Gasteiger partial charge < -0.3 is 19.5 Å². The summed E-state index contributed by atoms with van der Waals surface area (Å²) in [5.74, 6) is 1.44. The number of hydrogen-bond donors (Lipinski definition) is 1. The average Bonchev–Trinajstić information content (AvgIpc) is 3.14. The minimum Gasteiger partial charge on any atom is -0.379 e. The lowest BCUT2D eigenvalue weighted by molar-refractivity contribution is -0.121. The first-order valence-electron chi connectivity index (χ1n) is 8.63. The lowest BCUT2D eigenvalue weighted by Crippen LogP contribution is -2.49. The monoisotopic (exact) mass is 320 g/mol. The molecule has 0 bridgehead atoms. The molecule has 1 aliphatic carbocycles. The first-order chi connectivity index (χ1) is 11.2. The number of nitrogens with zero attached hydrogens (tertiary/aromatic N) is 3. The predicted molar refractivity (Wildman–Crippen MR) is 87.9 cm³/mol. The van der Waals surface area contributed by atoms with Crippen molar-refractivity contribution in [2.75, 3.05) is 26.7 Å². The van der Waals surface area contributed by atoms with Crippen LogP contribution in [0.1, 0.15) is 26.2 Å². The Morgan fingerprint density at radius 3 is 2.74 bits per heavy atom. The fourth-order valence-corrected chi connectivity index (χ4v) is 4.26. The zero-order valence-corrected chi connectivity index (χ0v) is 14.1. The highest BCUT2D eigenvalue weighted by molar-refractivity contribution is 5.73. The molecule has 1 aliphatic heterocycles. The van der Waals surface area contributed by atoms with Gasteiger partial charge in [0.2, 0.25) is 5.91 Å². The molecule has 1 saturated heterocycles. The van der Waals surface area contributed by atoms with Gasteiger partial charge in [-0.2, -0.15) is 0 Å². The van der Waals surface area contributed by atoms with E-state index < -0.39 is 0 Å². The Bertz CT molecular complexity index is 505. The highest BCUT2D eigenvalue weighted by Crippen LogP contribution is 2.37. The number of aromatic nitrogens is 2. The molecular weight excluding hydrogens is 292 g/mol. The van der Waals surface area contributed by atoms with Crippen molar-refractivity contribution in [2.24, 2.45) is 11.8 Å². The van der Waals surface area contributed by atoms with Crippen molar-refractivity contribution in [1.82, 2.24) is 19.8 Å². The summed E-state index contributed by atoms with van der Waals surface area (Å²) >= 11 is 0. The summed E-state index contributed by atoms with van der Waals surface area (Å²) in [5, 5.41) is 3.08. The lowest BCUT2D eigenvalue weighted by Gasteiger charge is -2.37. The largest absolute Gasteiger partial charge is 0.379 e. The average molecular weight is 320 g/mol. The quantitative estimate of drug-likeness (QED) is 0.854. The Balaban J connectivity index is 1.48. The molecule has 4 atom stereocenters. The Morgan fingerprint density at radius 2 is 2.09 bits per heavy atom. The Hall–Kier alpha value is -1.40. The van der Waals surface area contributed by atoms with Crippen LogP contribution in [0.25, 0.3) is 0 Å². The maximum Gasteiger partial charge on any atom is 0.217 e. The number of amides is 1. The van der Waals surface area contributed by atoms with E-state index in [1.807, 2.05) is 18.7 Å². The number of nitrogens with one attached hydrogen (secondary N) is 1. The molecule has 128 valence electrons. The zero-order valence-electron chi connectivity index (χ0n) is 14.1. The van der Waals surface area contributed by atoms with Gasteiger partial charge in [0, 0.05) is 46.1 Å². The predicted octanol–water partition coefficient (Wildman–Crippen LogP) is 1.13. The molecule has 2 heterocycles. The van der Waals surface area contributed by atoms with Gasteiger partial charge >= 0.3 is 0 Å². The number of fused-ring (bicyclic) bond motifs is 1. The second kappa shape index (κ2) is 7.45. The molecule has 1 aromatic heterocycles. The third kappa shape index (κ3) is 4.12. The highest BCUT2D eigenvalue weighted by atomic mass is 16.5. The van der Waals surface area contributed by atoms with Crippen LogP contribution in [0.3, 0.4) is 0 Å². The number of likely N-dealkylation sites (tertiary alicyclic amines) is 1. The van der Waals surface area contributed by atoms with Crippen LogP contribution in [-0.4, -0.2) is 59.2 Å². The van der Waals surface area contributed by atoms with E-state index in [1.165, 1.54) is 6.54 Å². The lowest BCUT2D eigenvalue weighted by atomic mass is 9.77. The molecule has 3 rings (SSSR count). The van der Waals surface area contributed by atoms with Gasteiger partial charge in [0.25, 0.3) is 0 Å². The topological polar surface area (TPSA) is 59.4 Å². The minimum absolute atomic E-state index is 0.0469. The maximum absolute atomic E-state index is 11.4. The molecule has 23 heavy (non-hydrogen) atoms. The van der Waals surface area contributed by atoms with Crippen molar-refractivity contribution in [3.05, 3.63) is 18.7 Å². The fourth-order valence-electron chi connectivity index (χ4n) is 4.26. The third-order valence-electron chi connectivity index (χ3n) is 5.33. The second-order valence-corrected chi connectivity index (χ2v) is 6.99. The summed E-state index contributed by atoms with van der Waals surface area (Å²) in [6, 6.07) is 0.171. The molecule has 6 nitrogen and oxygen atoms in total. The molecule has 2 fully saturated rings. The summed E-state index contributed by atoms with van der Waals surface area (Å²) in [6.07, 6.45) is 9.14. The van der Waals surface area contributed by atoms with Crippen molar-refractivity contribution in [3.63, 3.8) is 0 Å². The minimum atomic E-state index is 0.0469. The van der Waals surface area contributed by atoms with Gasteiger partial charge in [-0.1, -0.05) is 0 Å². The van der Waals surface area contributed by atoms with E-state index in [1.54, 1.807) is 14.0 Å². The first-order valence-corrected chi connectivity index (χ1v) is 8.63. The van der Waals surface area contributed by atoms with Crippen LogP contribution >= 0.6 is 0 Å². The molecule has 1 N–H and O–H groups in total. The molecule has 2 aliphatic rings. The third-order valence-corrected chi connectivity index (χ3v) is 5.33. The number of methoxy groups -OCH3 is 1. The first kappa shape index (κ1) is 16.5. The summed E-state index contributed by atoms with van der Waals surface area (Å²) in [6.45, 7) is 6.08. The Labute approximate surface area is 138 Å². The van der Waals surface area contributed by atoms with Gasteiger partial charge in [-0.05, 0) is 37.6 Å². The van der Waals surface area contributed by atoms with E-state index in [0.717, 1.165) is 38.9 Å². The molecule has 0 unspecified atom stereocenters. The molecule has 1 amide bonds. The van der Waals surface area contributed by atoms with Gasteiger partial charge in [0.1, 0.15) is 0 Å². The molecule has 6 heteroatoms. The van der Waals surface area contributed by atoms with Crippen LogP contribution < -0.4 is 5.32 Å². The van der Waals surface area contributed by atoms with Gasteiger partial charge in [0.05, 0.1) is 18.5 Å². The maximum atomic E-state index is 11.4. The van der Waals surface area contributed by atoms with Crippen LogP contribution in [0.15, 0.2) is 18.7 Å². The van der Waals surface area contributed by atoms with Gasteiger partial charge in [0.15, 0.2) is 0 Å². The van der Waals surface area contributed by atoms with E-state index in [4.69, 9.17) is 4.74 Å². The van der Waals surface area contributed by atoms with Gasteiger partial charge in [-0.3, -0.25) is 4.79 Å². The van der Waals surface area contributed by atoms with Crippen LogP contribution in [0, 0.1) is 11.8 Å². The van der Waals surface area contributed by atoms with Crippen molar-refractivity contribution in [3.8, 4) is 0 Å². The normalized spacial score (nSPS) is 31.0. The Morgan fingerprint density at radius 1 is 1.30 bits per heavy atom. The number of carbonyl (C=O) groups excluding carboxylic acids is 1. The number of carbonyl (C=O) groups is 1. The standard InChI is InChI=1S/C17H28N4O2/c1-13(22)19-16-8-14-10-21(11-15(14)9-17(16)23-2)6-3-5-20-7-4-18-12-20/h4,7,12,14-17H,3,5-6,8-11H2,1-2H3,(H,19,22)/t14-,15+,16-,17-/m1/s1. The molecule has 0 spiro atoms. The van der Waals surface area contributed by atoms with Crippen molar-refractivity contribution >= 4 is 5.91 Å². The summed E-state index contributed by atoms with van der Waals surface area (Å²) in [5.41, 5.74) is 0. The van der Waals surface area contributed by atoms with E-state index in [-0.39, 0.29) is 18.1 Å². The SMILES string of the molecule is CO[C@@H]1C[C@H]2CN(CCCn3ccnc3)C[C@H]2C[C@H]1NC(C)=O. The van der Waals surface area contributed by atoms with Crippen molar-refractivity contribution < 1.29 is 9.53 Å². The number of rotatable bonds is 6.